The van der Waals surface area contributed by atoms with Crippen LogP contribution in [0.25, 0.3) is 0 Å². The van der Waals surface area contributed by atoms with E-state index in [0.717, 1.165) is 21.6 Å². The van der Waals surface area contributed by atoms with Crippen molar-refractivity contribution in [2.24, 2.45) is 38.7 Å². The number of thiophene rings is 1. The molecule has 73 heavy (non-hydrogen) atoms. The average Bonchev–Trinajstić information content (AvgIpc) is 4.07. The highest BCUT2D eigenvalue weighted by Crippen LogP contribution is 2.25. The number of carboxylic acids is 1. The fourth-order valence-electron chi connectivity index (χ4n) is 7.50. The fourth-order valence-corrected chi connectivity index (χ4v) is 10.6. The largest absolute Gasteiger partial charge is 0.480 e. The molecule has 3 heterocycles. The molecule has 0 unspecified atom stereocenters. The number of guanidine groups is 2. The van der Waals surface area contributed by atoms with Gasteiger partial charge in [-0.05, 0) is 55.5 Å². The molecule has 2 saturated heterocycles. The first-order valence-corrected chi connectivity index (χ1v) is 26.6. The average molecular weight is 1080 g/mol. The van der Waals surface area contributed by atoms with Crippen LogP contribution in [0.5, 0.6) is 0 Å². The Kier molecular flexibility index (Phi) is 24.5. The van der Waals surface area contributed by atoms with Crippen LogP contribution in [0.3, 0.4) is 0 Å². The first kappa shape index (κ1) is 58.9. The topological polar surface area (TPSA) is 436 Å². The Morgan fingerprint density at radius 2 is 1.40 bits per heavy atom. The molecule has 2 aliphatic heterocycles. The van der Waals surface area contributed by atoms with Gasteiger partial charge in [0.05, 0.1) is 19.2 Å². The van der Waals surface area contributed by atoms with Crippen molar-refractivity contribution in [1.29, 1.82) is 0 Å². The molecule has 8 amide bonds. The minimum Gasteiger partial charge on any atom is -0.480 e. The molecule has 0 spiro atoms. The lowest BCUT2D eigenvalue weighted by atomic mass is 10.0. The van der Waals surface area contributed by atoms with Gasteiger partial charge in [-0.2, -0.15) is 0 Å². The summed E-state index contributed by atoms with van der Waals surface area (Å²) in [6, 6.07) is 1.13. The summed E-state index contributed by atoms with van der Waals surface area (Å²) in [6.45, 7) is -1.13. The summed E-state index contributed by atoms with van der Waals surface area (Å²) in [5.41, 5.74) is 28.3. The van der Waals surface area contributed by atoms with E-state index in [9.17, 15) is 53.4 Å². The van der Waals surface area contributed by atoms with E-state index < -0.39 is 115 Å². The maximum atomic E-state index is 14.3. The molecule has 4 rings (SSSR count). The first-order valence-electron chi connectivity index (χ1n) is 23.3. The molecule has 1 aromatic heterocycles. The third-order valence-electron chi connectivity index (χ3n) is 11.3. The SMILES string of the molecule is NC(N)=NCCC[C@H](NC(=O)[C@@H]1CSSC[C@H](NC(=O)[C@@H]2CCCN2C(=O)[C@@H](N)CCCN=C(N)N)C(=O)NCC(=O)N[C@@H](Cc2cccs2)C(=O)N[C@@H](CO)C(=O)N[C@H](Cc2ccccc2)C(=O)N1)C(=O)O. The number of aliphatic carboxylic acids is 1. The molecule has 400 valence electrons. The highest BCUT2D eigenvalue weighted by molar-refractivity contribution is 8.76. The third kappa shape index (κ3) is 20.0. The fraction of sp³-hybridized carbons (Fsp3) is 0.523. The number of carbonyl (C=O) groups is 9. The van der Waals surface area contributed by atoms with Gasteiger partial charge in [0, 0.05) is 48.9 Å². The van der Waals surface area contributed by atoms with E-state index in [1.807, 2.05) is 0 Å². The molecule has 2 aliphatic rings. The van der Waals surface area contributed by atoms with Gasteiger partial charge in [0.1, 0.15) is 42.3 Å². The highest BCUT2D eigenvalue weighted by Gasteiger charge is 2.38. The number of aliphatic hydroxyl groups excluding tert-OH is 1. The van der Waals surface area contributed by atoms with Crippen molar-refractivity contribution >= 4 is 98.1 Å². The summed E-state index contributed by atoms with van der Waals surface area (Å²) < 4.78 is 0. The number of hydrogen-bond donors (Lipinski definition) is 14. The van der Waals surface area contributed by atoms with Crippen molar-refractivity contribution in [3.63, 3.8) is 0 Å². The van der Waals surface area contributed by atoms with Gasteiger partial charge in [-0.25, -0.2) is 4.79 Å². The number of nitrogens with two attached hydrogens (primary N) is 5. The predicted molar refractivity (Wildman–Crippen MR) is 275 cm³/mol. The summed E-state index contributed by atoms with van der Waals surface area (Å²) in [4.78, 5) is 133. The molecule has 1 aromatic carbocycles. The summed E-state index contributed by atoms with van der Waals surface area (Å²) in [6.07, 6.45) is 1.14. The predicted octanol–water partition coefficient (Wildman–Crippen LogP) is -4.54. The number of hydrogen-bond acceptors (Lipinski definition) is 16. The summed E-state index contributed by atoms with van der Waals surface area (Å²) in [5, 5.41) is 39.9. The van der Waals surface area contributed by atoms with E-state index in [-0.39, 0.29) is 81.6 Å². The standard InChI is InChI=1S/C44H65N15O11S3/c45-26(11-4-14-50-43(46)47)41(68)59-16-6-13-33(59)40(67)58-31-22-72-73-23-32(39(66)54-27(42(69)70)12-5-15-51-44(48)49)57-36(63)28(18-24-8-2-1-3-9-24)55-38(65)30(21-60)56-37(64)29(19-25-10-7-17-71-25)53-34(61)20-52-35(31)62/h1-3,7-10,17,26-33,60H,4-6,11-16,18-23,45H2,(H,52,62)(H,53,61)(H,54,66)(H,55,65)(H,56,64)(H,57,63)(H,58,67)(H,69,70)(H4,46,47,50)(H4,48,49,51)/t26-,27-,28+,29-,30-,31-,32-,33-/m0/s1. The number of amides is 8. The Labute approximate surface area is 432 Å². The second-order valence-corrected chi connectivity index (χ2v) is 20.5. The summed E-state index contributed by atoms with van der Waals surface area (Å²) in [7, 11) is 1.94. The van der Waals surface area contributed by atoms with Crippen LogP contribution in [0.2, 0.25) is 0 Å². The minimum atomic E-state index is -1.66. The third-order valence-corrected chi connectivity index (χ3v) is 14.6. The van der Waals surface area contributed by atoms with Crippen LogP contribution < -0.4 is 65.9 Å². The molecule has 2 fully saturated rings. The van der Waals surface area contributed by atoms with E-state index in [0.29, 0.717) is 23.3 Å². The van der Waals surface area contributed by atoms with Gasteiger partial charge in [-0.15, -0.1) is 11.3 Å². The van der Waals surface area contributed by atoms with Gasteiger partial charge in [0.25, 0.3) is 0 Å². The number of rotatable bonds is 19. The number of likely N-dealkylation sites (tertiary alicyclic amines) is 1. The van der Waals surface area contributed by atoms with Crippen LogP contribution in [0.1, 0.15) is 49.0 Å². The monoisotopic (exact) mass is 1080 g/mol. The number of nitrogens with one attached hydrogen (secondary N) is 7. The Morgan fingerprint density at radius 1 is 0.767 bits per heavy atom. The number of aliphatic imine (C=N–C) groups is 2. The summed E-state index contributed by atoms with van der Waals surface area (Å²) in [5.74, 6) is -8.79. The lowest BCUT2D eigenvalue weighted by Gasteiger charge is -2.28. The number of carboxylic acid groups (broad SMARTS) is 1. The number of benzene rings is 1. The van der Waals surface area contributed by atoms with Crippen molar-refractivity contribution in [1.82, 2.24) is 42.1 Å². The van der Waals surface area contributed by atoms with Gasteiger partial charge in [-0.1, -0.05) is 58.0 Å². The molecule has 19 N–H and O–H groups in total. The van der Waals surface area contributed by atoms with Gasteiger partial charge < -0.3 is 81.0 Å². The number of aliphatic hydroxyl groups is 1. The second-order valence-electron chi connectivity index (χ2n) is 16.9. The molecule has 2 aromatic rings. The van der Waals surface area contributed by atoms with Crippen molar-refractivity contribution in [2.75, 3.05) is 44.3 Å². The van der Waals surface area contributed by atoms with E-state index in [1.165, 1.54) is 16.2 Å². The zero-order valence-electron chi connectivity index (χ0n) is 39.9. The second kappa shape index (κ2) is 30.4. The Morgan fingerprint density at radius 3 is 2.04 bits per heavy atom. The molecule has 29 heteroatoms. The van der Waals surface area contributed by atoms with E-state index in [2.05, 4.69) is 47.2 Å². The zero-order valence-corrected chi connectivity index (χ0v) is 42.3. The van der Waals surface area contributed by atoms with Crippen LogP contribution in [0.4, 0.5) is 0 Å². The molecule has 0 saturated carbocycles. The molecular weight excluding hydrogens is 1010 g/mol. The Balaban J connectivity index is 1.67. The minimum absolute atomic E-state index is 0.0560. The van der Waals surface area contributed by atoms with Crippen LogP contribution in [-0.2, 0) is 56.0 Å². The van der Waals surface area contributed by atoms with Gasteiger partial charge >= 0.3 is 5.97 Å². The van der Waals surface area contributed by atoms with Crippen molar-refractivity contribution in [3.05, 3.63) is 58.3 Å². The van der Waals surface area contributed by atoms with Crippen LogP contribution in [0.15, 0.2) is 57.8 Å². The van der Waals surface area contributed by atoms with Crippen LogP contribution in [0, 0.1) is 0 Å². The molecule has 26 nitrogen and oxygen atoms in total. The van der Waals surface area contributed by atoms with Crippen molar-refractivity contribution < 1.29 is 53.4 Å². The molecule has 0 aliphatic carbocycles. The van der Waals surface area contributed by atoms with Gasteiger partial charge in [0.15, 0.2) is 11.9 Å². The molecule has 0 bridgehead atoms. The van der Waals surface area contributed by atoms with E-state index in [4.69, 9.17) is 28.7 Å². The van der Waals surface area contributed by atoms with E-state index >= 15 is 0 Å². The molecule has 0 radical (unpaired) electrons. The smallest absolute Gasteiger partial charge is 0.326 e. The highest BCUT2D eigenvalue weighted by atomic mass is 33.1. The maximum Gasteiger partial charge on any atom is 0.326 e. The lowest BCUT2D eigenvalue weighted by molar-refractivity contribution is -0.142. The quantitative estimate of drug-likeness (QED) is 0.0273. The van der Waals surface area contributed by atoms with Crippen molar-refractivity contribution in [3.8, 4) is 0 Å². The van der Waals surface area contributed by atoms with Crippen LogP contribution >= 0.6 is 32.9 Å². The van der Waals surface area contributed by atoms with E-state index in [1.54, 1.807) is 47.8 Å². The number of nitrogens with zero attached hydrogens (tertiary/aromatic N) is 3. The maximum absolute atomic E-state index is 14.3. The van der Waals surface area contributed by atoms with Crippen LogP contribution in [-0.4, -0.2) is 173 Å². The first-order chi connectivity index (χ1) is 34.9. The molecule has 8 atom stereocenters. The Hall–Kier alpha value is -6.69. The Bertz CT molecular complexity index is 2270. The zero-order chi connectivity index (χ0) is 53.5. The van der Waals surface area contributed by atoms with Crippen molar-refractivity contribution in [2.45, 2.75) is 99.7 Å². The summed E-state index contributed by atoms with van der Waals surface area (Å²) >= 11 is 1.28. The normalized spacial score (nSPS) is 22.4. The van der Waals surface area contributed by atoms with Gasteiger partial charge in [0.2, 0.25) is 47.3 Å². The number of carbonyl (C=O) groups excluding carboxylic acids is 8. The van der Waals surface area contributed by atoms with Gasteiger partial charge in [-0.3, -0.25) is 48.3 Å². The molecular formula is C44H65N15O11S3. The lowest BCUT2D eigenvalue weighted by Crippen LogP contribution is -2.60.